The van der Waals surface area contributed by atoms with E-state index in [1.807, 2.05) is 0 Å². The van der Waals surface area contributed by atoms with E-state index in [0.29, 0.717) is 18.0 Å². The number of piperidine rings is 1. The molecule has 2 saturated heterocycles. The number of rotatable bonds is 7. The van der Waals surface area contributed by atoms with Gasteiger partial charge in [0, 0.05) is 24.5 Å². The lowest BCUT2D eigenvalue weighted by atomic mass is 9.91. The van der Waals surface area contributed by atoms with Crippen molar-refractivity contribution in [3.63, 3.8) is 0 Å². The van der Waals surface area contributed by atoms with Crippen LogP contribution in [0, 0.1) is 11.8 Å². The molecule has 2 fully saturated rings. The van der Waals surface area contributed by atoms with Gasteiger partial charge < -0.3 is 10.6 Å². The number of carbonyl (C=O) groups excluding carboxylic acids is 1. The van der Waals surface area contributed by atoms with Gasteiger partial charge in [0.05, 0.1) is 0 Å². The molecule has 2 rings (SSSR count). The molecule has 128 valence electrons. The number of nitrogens with zero attached hydrogens (tertiary/aromatic N) is 1. The van der Waals surface area contributed by atoms with Crippen LogP contribution in [-0.2, 0) is 4.79 Å². The molecule has 4 nitrogen and oxygen atoms in total. The van der Waals surface area contributed by atoms with E-state index in [4.69, 9.17) is 0 Å². The number of nitrogens with one attached hydrogen (secondary N) is 2. The second-order valence-electron chi connectivity index (χ2n) is 7.21. The highest BCUT2D eigenvalue weighted by molar-refractivity contribution is 5.78. The number of likely N-dealkylation sites (tertiary alicyclic amines) is 1. The Morgan fingerprint density at radius 3 is 2.55 bits per heavy atom. The number of amides is 1. The van der Waals surface area contributed by atoms with Crippen molar-refractivity contribution in [2.75, 3.05) is 26.2 Å². The average Bonchev–Trinajstić information content (AvgIpc) is 3.05. The Balaban J connectivity index is 1.88. The molecule has 2 aliphatic heterocycles. The fourth-order valence-electron chi connectivity index (χ4n) is 4.22. The maximum absolute atomic E-state index is 12.5. The maximum atomic E-state index is 12.5. The monoisotopic (exact) mass is 309 g/mol. The summed E-state index contributed by atoms with van der Waals surface area (Å²) in [5.74, 6) is 1.19. The topological polar surface area (TPSA) is 44.4 Å². The highest BCUT2D eigenvalue weighted by Crippen LogP contribution is 2.23. The lowest BCUT2D eigenvalue weighted by Crippen LogP contribution is -2.49. The minimum Gasteiger partial charge on any atom is -0.354 e. The van der Waals surface area contributed by atoms with Crippen LogP contribution in [0.15, 0.2) is 0 Å². The standard InChI is InChI=1S/C18H35N3O/c1-4-15(5-2)17(21-10-6-7-11-21)13-20-18(22)16-8-9-19-14(3)12-16/h14-17,19H,4-13H2,1-3H3,(H,20,22)/t14-,16-,17?/m0/s1. The zero-order chi connectivity index (χ0) is 15.9. The van der Waals surface area contributed by atoms with E-state index < -0.39 is 0 Å². The molecule has 0 saturated carbocycles. The van der Waals surface area contributed by atoms with Crippen molar-refractivity contribution in [1.29, 1.82) is 0 Å². The predicted octanol–water partition coefficient (Wildman–Crippen LogP) is 2.39. The van der Waals surface area contributed by atoms with Gasteiger partial charge in [0.15, 0.2) is 0 Å². The molecular formula is C18H35N3O. The first kappa shape index (κ1) is 17.7. The van der Waals surface area contributed by atoms with E-state index in [9.17, 15) is 4.79 Å². The molecule has 2 aliphatic rings. The molecule has 0 spiro atoms. The van der Waals surface area contributed by atoms with Gasteiger partial charge in [0.1, 0.15) is 0 Å². The largest absolute Gasteiger partial charge is 0.354 e. The molecule has 2 heterocycles. The molecule has 1 amide bonds. The molecule has 0 aromatic rings. The normalized spacial score (nSPS) is 28.0. The molecule has 0 aromatic carbocycles. The van der Waals surface area contributed by atoms with Crippen molar-refractivity contribution in [2.24, 2.45) is 11.8 Å². The first-order valence-electron chi connectivity index (χ1n) is 9.40. The minimum absolute atomic E-state index is 0.206. The van der Waals surface area contributed by atoms with Gasteiger partial charge in [-0.2, -0.15) is 0 Å². The number of hydrogen-bond acceptors (Lipinski definition) is 3. The van der Waals surface area contributed by atoms with Crippen molar-refractivity contribution in [1.82, 2.24) is 15.5 Å². The van der Waals surface area contributed by atoms with Crippen LogP contribution in [-0.4, -0.2) is 49.1 Å². The Bertz CT molecular complexity index is 335. The van der Waals surface area contributed by atoms with Crippen molar-refractivity contribution in [2.45, 2.75) is 71.4 Å². The minimum atomic E-state index is 0.206. The Morgan fingerprint density at radius 1 is 1.27 bits per heavy atom. The van der Waals surface area contributed by atoms with Gasteiger partial charge in [0.2, 0.25) is 5.91 Å². The van der Waals surface area contributed by atoms with Gasteiger partial charge in [-0.05, 0) is 58.2 Å². The quantitative estimate of drug-likeness (QED) is 0.759. The Morgan fingerprint density at radius 2 is 1.95 bits per heavy atom. The first-order chi connectivity index (χ1) is 10.7. The Kier molecular flexibility index (Phi) is 7.16. The SMILES string of the molecule is CCC(CC)C(CNC(=O)[C@H]1CCN[C@@H](C)C1)N1CCCC1. The molecule has 3 atom stereocenters. The molecule has 22 heavy (non-hydrogen) atoms. The fraction of sp³-hybridized carbons (Fsp3) is 0.944. The summed E-state index contributed by atoms with van der Waals surface area (Å²) in [5, 5.41) is 6.72. The molecule has 0 bridgehead atoms. The fourth-order valence-corrected chi connectivity index (χ4v) is 4.22. The third kappa shape index (κ3) is 4.69. The van der Waals surface area contributed by atoms with Gasteiger partial charge in [-0.25, -0.2) is 0 Å². The molecule has 0 aliphatic carbocycles. The molecule has 2 N–H and O–H groups in total. The van der Waals surface area contributed by atoms with Crippen LogP contribution in [0.2, 0.25) is 0 Å². The predicted molar refractivity (Wildman–Crippen MR) is 91.9 cm³/mol. The molecule has 0 aromatic heterocycles. The molecule has 0 radical (unpaired) electrons. The van der Waals surface area contributed by atoms with E-state index in [-0.39, 0.29) is 11.8 Å². The third-order valence-electron chi connectivity index (χ3n) is 5.68. The highest BCUT2D eigenvalue weighted by atomic mass is 16.1. The third-order valence-corrected chi connectivity index (χ3v) is 5.68. The summed E-state index contributed by atoms with van der Waals surface area (Å²) in [6.45, 7) is 11.0. The van der Waals surface area contributed by atoms with Crippen molar-refractivity contribution in [3.05, 3.63) is 0 Å². The van der Waals surface area contributed by atoms with Gasteiger partial charge in [-0.15, -0.1) is 0 Å². The summed E-state index contributed by atoms with van der Waals surface area (Å²) in [6, 6.07) is 0.999. The Labute approximate surface area is 136 Å². The van der Waals surface area contributed by atoms with Crippen LogP contribution in [0.3, 0.4) is 0 Å². The van der Waals surface area contributed by atoms with Crippen LogP contribution in [0.5, 0.6) is 0 Å². The van der Waals surface area contributed by atoms with E-state index in [2.05, 4.69) is 36.3 Å². The van der Waals surface area contributed by atoms with Crippen molar-refractivity contribution in [3.8, 4) is 0 Å². The zero-order valence-corrected chi connectivity index (χ0v) is 14.7. The second-order valence-corrected chi connectivity index (χ2v) is 7.21. The van der Waals surface area contributed by atoms with Crippen LogP contribution < -0.4 is 10.6 Å². The van der Waals surface area contributed by atoms with Gasteiger partial charge in [-0.1, -0.05) is 26.7 Å². The molecule has 4 heteroatoms. The van der Waals surface area contributed by atoms with Gasteiger partial charge >= 0.3 is 0 Å². The summed E-state index contributed by atoms with van der Waals surface area (Å²) in [4.78, 5) is 15.1. The first-order valence-corrected chi connectivity index (χ1v) is 9.40. The number of hydrogen-bond donors (Lipinski definition) is 2. The summed E-state index contributed by atoms with van der Waals surface area (Å²) in [7, 11) is 0. The summed E-state index contributed by atoms with van der Waals surface area (Å²) in [5.41, 5.74) is 0. The van der Waals surface area contributed by atoms with Crippen LogP contribution in [0.25, 0.3) is 0 Å². The van der Waals surface area contributed by atoms with E-state index in [1.54, 1.807) is 0 Å². The highest BCUT2D eigenvalue weighted by Gasteiger charge is 2.30. The zero-order valence-electron chi connectivity index (χ0n) is 14.7. The van der Waals surface area contributed by atoms with E-state index in [1.165, 1.54) is 38.8 Å². The summed E-state index contributed by atoms with van der Waals surface area (Å²) < 4.78 is 0. The lowest BCUT2D eigenvalue weighted by Gasteiger charge is -2.35. The summed E-state index contributed by atoms with van der Waals surface area (Å²) in [6.07, 6.45) is 7.00. The van der Waals surface area contributed by atoms with E-state index in [0.717, 1.165) is 25.9 Å². The molecule has 1 unspecified atom stereocenters. The summed E-state index contributed by atoms with van der Waals surface area (Å²) >= 11 is 0. The second kappa shape index (κ2) is 8.88. The van der Waals surface area contributed by atoms with Gasteiger partial charge in [-0.3, -0.25) is 9.69 Å². The maximum Gasteiger partial charge on any atom is 0.223 e. The van der Waals surface area contributed by atoms with Gasteiger partial charge in [0.25, 0.3) is 0 Å². The average molecular weight is 309 g/mol. The van der Waals surface area contributed by atoms with Crippen molar-refractivity contribution >= 4 is 5.91 Å². The van der Waals surface area contributed by atoms with Crippen molar-refractivity contribution < 1.29 is 4.79 Å². The Hall–Kier alpha value is -0.610. The van der Waals surface area contributed by atoms with E-state index >= 15 is 0 Å². The lowest BCUT2D eigenvalue weighted by molar-refractivity contribution is -0.126. The smallest absolute Gasteiger partial charge is 0.223 e. The molecular weight excluding hydrogens is 274 g/mol. The van der Waals surface area contributed by atoms with Crippen LogP contribution in [0.4, 0.5) is 0 Å². The van der Waals surface area contributed by atoms with Crippen LogP contribution >= 0.6 is 0 Å². The van der Waals surface area contributed by atoms with Crippen LogP contribution in [0.1, 0.15) is 59.3 Å². The number of carbonyl (C=O) groups is 1.